The van der Waals surface area contributed by atoms with Gasteiger partial charge in [-0.1, -0.05) is 0 Å². The molecule has 1 amide bonds. The van der Waals surface area contributed by atoms with E-state index in [1.165, 1.54) is 0 Å². The van der Waals surface area contributed by atoms with Crippen molar-refractivity contribution in [1.82, 2.24) is 4.65 Å². The van der Waals surface area contributed by atoms with Gasteiger partial charge >= 0.3 is 6.09 Å². The average Bonchev–Trinajstić information content (AvgIpc) is 2.66. The maximum Gasteiger partial charge on any atom is 0.409 e. The van der Waals surface area contributed by atoms with Crippen LogP contribution in [0.4, 0.5) is 10.5 Å². The molecule has 0 aliphatic carbocycles. The van der Waals surface area contributed by atoms with Crippen LogP contribution in [0.2, 0.25) is 0 Å². The highest BCUT2D eigenvalue weighted by atomic mass is 16.6. The minimum absolute atomic E-state index is 0.281. The summed E-state index contributed by atoms with van der Waals surface area (Å²) in [6.07, 6.45) is 1.08. The normalized spacial score (nSPS) is 18.3. The number of amides is 1. The molecule has 5 nitrogen and oxygen atoms in total. The van der Waals surface area contributed by atoms with E-state index in [4.69, 9.17) is 10.5 Å². The summed E-state index contributed by atoms with van der Waals surface area (Å²) in [5.74, 6) is 0.363. The first-order valence-corrected chi connectivity index (χ1v) is 5.26. The summed E-state index contributed by atoms with van der Waals surface area (Å²) in [6.45, 7) is 1.24. The van der Waals surface area contributed by atoms with E-state index in [9.17, 15) is 10.0 Å². The smallest absolute Gasteiger partial charge is 0.409 e. The Hall–Kier alpha value is -1.59. The Labute approximate surface area is 93.6 Å². The van der Waals surface area contributed by atoms with Crippen molar-refractivity contribution >= 4 is 11.8 Å². The molecule has 0 radical (unpaired) electrons. The maximum absolute atomic E-state index is 12.2. The predicted molar refractivity (Wildman–Crippen MR) is 60.8 cm³/mol. The number of hydrogen-bond donors (Lipinski definition) is 1. The lowest BCUT2D eigenvalue weighted by molar-refractivity contribution is 0.211. The lowest BCUT2D eigenvalue weighted by Gasteiger charge is -2.37. The minimum Gasteiger partial charge on any atom is -0.627 e. The number of nitrogens with two attached hydrogens (primary N) is 1. The van der Waals surface area contributed by atoms with Crippen molar-refractivity contribution in [1.29, 1.82) is 0 Å². The van der Waals surface area contributed by atoms with Gasteiger partial charge in [-0.25, -0.2) is 4.79 Å². The lowest BCUT2D eigenvalue weighted by atomic mass is 10.3. The van der Waals surface area contributed by atoms with Crippen LogP contribution in [-0.4, -0.2) is 19.2 Å². The van der Waals surface area contributed by atoms with Crippen molar-refractivity contribution in [3.05, 3.63) is 29.5 Å². The third-order valence-corrected chi connectivity index (χ3v) is 2.81. The van der Waals surface area contributed by atoms with Crippen molar-refractivity contribution in [2.24, 2.45) is 5.73 Å². The lowest BCUT2D eigenvalue weighted by Crippen LogP contribution is -2.39. The zero-order valence-electron chi connectivity index (χ0n) is 8.89. The first-order valence-electron chi connectivity index (χ1n) is 5.26. The van der Waals surface area contributed by atoms with Crippen LogP contribution in [0.1, 0.15) is 12.8 Å². The van der Waals surface area contributed by atoms with Crippen LogP contribution in [0.5, 0.6) is 5.75 Å². The standard InChI is InChI=1S/C11H14N2O3/c12-11(14)16-10-5-3-9(4-6-10)13(15)7-1-2-8-13/h3-6H,1-2,7-8H2,(H2,12,14). The molecule has 0 atom stereocenters. The van der Waals surface area contributed by atoms with E-state index >= 15 is 0 Å². The highest BCUT2D eigenvalue weighted by molar-refractivity contribution is 5.68. The number of carbonyl (C=O) groups excluding carboxylic acids is 1. The van der Waals surface area contributed by atoms with E-state index in [-0.39, 0.29) is 4.65 Å². The van der Waals surface area contributed by atoms with Gasteiger partial charge in [0.05, 0.1) is 13.1 Å². The van der Waals surface area contributed by atoms with E-state index in [1.54, 1.807) is 24.3 Å². The molecule has 1 aromatic carbocycles. The molecule has 2 rings (SSSR count). The van der Waals surface area contributed by atoms with Gasteiger partial charge in [0.15, 0.2) is 0 Å². The molecule has 1 fully saturated rings. The van der Waals surface area contributed by atoms with Gasteiger partial charge < -0.3 is 20.3 Å². The Bertz CT molecular complexity index is 383. The molecule has 1 aliphatic rings. The fraction of sp³-hybridized carbons (Fsp3) is 0.364. The van der Waals surface area contributed by atoms with Crippen LogP contribution in [0.15, 0.2) is 24.3 Å². The van der Waals surface area contributed by atoms with Crippen LogP contribution in [0, 0.1) is 5.21 Å². The number of hydroxylamine groups is 2. The van der Waals surface area contributed by atoms with Crippen LogP contribution in [0.3, 0.4) is 0 Å². The summed E-state index contributed by atoms with van der Waals surface area (Å²) >= 11 is 0. The minimum atomic E-state index is -0.847. The van der Waals surface area contributed by atoms with Gasteiger partial charge in [-0.15, -0.1) is 0 Å². The van der Waals surface area contributed by atoms with Gasteiger partial charge in [0, 0.05) is 25.0 Å². The number of nitrogens with zero attached hydrogens (tertiary/aromatic N) is 1. The van der Waals surface area contributed by atoms with Crippen LogP contribution in [0.25, 0.3) is 0 Å². The number of quaternary nitrogens is 1. The predicted octanol–water partition coefficient (Wildman–Crippen LogP) is 1.74. The molecule has 5 heteroatoms. The number of carbonyl (C=O) groups is 1. The van der Waals surface area contributed by atoms with Gasteiger partial charge in [0.1, 0.15) is 11.4 Å². The number of rotatable bonds is 2. The molecule has 0 aromatic heterocycles. The Balaban J connectivity index is 2.15. The third kappa shape index (κ3) is 2.15. The van der Waals surface area contributed by atoms with E-state index in [2.05, 4.69) is 0 Å². The summed E-state index contributed by atoms with van der Waals surface area (Å²) in [4.78, 5) is 10.5. The SMILES string of the molecule is NC(=O)Oc1ccc([N+]2([O-])CCCC2)cc1. The van der Waals surface area contributed by atoms with Gasteiger partial charge in [-0.3, -0.25) is 0 Å². The quantitative estimate of drug-likeness (QED) is 0.611. The van der Waals surface area contributed by atoms with Crippen molar-refractivity contribution < 1.29 is 9.53 Å². The number of primary amides is 1. The zero-order chi connectivity index (χ0) is 11.6. The summed E-state index contributed by atoms with van der Waals surface area (Å²) in [7, 11) is 0. The second kappa shape index (κ2) is 4.11. The second-order valence-electron chi connectivity index (χ2n) is 3.96. The van der Waals surface area contributed by atoms with Crippen molar-refractivity contribution in [2.45, 2.75) is 12.8 Å². The van der Waals surface area contributed by atoms with Crippen LogP contribution >= 0.6 is 0 Å². The average molecular weight is 222 g/mol. The molecule has 16 heavy (non-hydrogen) atoms. The first-order chi connectivity index (χ1) is 7.60. The highest BCUT2D eigenvalue weighted by Gasteiger charge is 2.25. The van der Waals surface area contributed by atoms with E-state index < -0.39 is 6.09 Å². The molecular weight excluding hydrogens is 208 g/mol. The topological polar surface area (TPSA) is 75.4 Å². The molecule has 1 aromatic rings. The van der Waals surface area contributed by atoms with Crippen molar-refractivity contribution in [2.75, 3.05) is 13.1 Å². The number of ether oxygens (including phenoxy) is 1. The van der Waals surface area contributed by atoms with Gasteiger partial charge in [-0.2, -0.15) is 0 Å². The first kappa shape index (κ1) is 10.9. The molecule has 1 saturated heterocycles. The summed E-state index contributed by atoms with van der Waals surface area (Å²) < 4.78 is 4.41. The Morgan fingerprint density at radius 1 is 1.25 bits per heavy atom. The highest BCUT2D eigenvalue weighted by Crippen LogP contribution is 2.29. The molecule has 0 saturated carbocycles. The van der Waals surface area contributed by atoms with E-state index in [1.807, 2.05) is 0 Å². The summed E-state index contributed by atoms with van der Waals surface area (Å²) in [6, 6.07) is 6.57. The molecule has 0 unspecified atom stereocenters. The second-order valence-corrected chi connectivity index (χ2v) is 3.96. The number of benzene rings is 1. The summed E-state index contributed by atoms with van der Waals surface area (Å²) in [5.41, 5.74) is 5.59. The summed E-state index contributed by atoms with van der Waals surface area (Å²) in [5, 5.41) is 12.2. The molecule has 0 spiro atoms. The fourth-order valence-corrected chi connectivity index (χ4v) is 2.01. The Morgan fingerprint density at radius 3 is 2.31 bits per heavy atom. The van der Waals surface area contributed by atoms with E-state index in [0.29, 0.717) is 24.5 Å². The Kier molecular flexibility index (Phi) is 2.80. The molecule has 1 aliphatic heterocycles. The van der Waals surface area contributed by atoms with Gasteiger partial charge in [0.25, 0.3) is 0 Å². The molecule has 0 bridgehead atoms. The fourth-order valence-electron chi connectivity index (χ4n) is 2.01. The number of hydrogen-bond acceptors (Lipinski definition) is 3. The zero-order valence-corrected chi connectivity index (χ0v) is 8.89. The largest absolute Gasteiger partial charge is 0.627 e. The monoisotopic (exact) mass is 222 g/mol. The van der Waals surface area contributed by atoms with Crippen LogP contribution < -0.4 is 15.1 Å². The Morgan fingerprint density at radius 2 is 1.81 bits per heavy atom. The molecule has 2 N–H and O–H groups in total. The maximum atomic E-state index is 12.2. The van der Waals surface area contributed by atoms with Crippen molar-refractivity contribution in [3.63, 3.8) is 0 Å². The van der Waals surface area contributed by atoms with Gasteiger partial charge in [0.2, 0.25) is 0 Å². The molecule has 86 valence electrons. The molecular formula is C11H14N2O3. The van der Waals surface area contributed by atoms with Gasteiger partial charge in [-0.05, 0) is 12.1 Å². The van der Waals surface area contributed by atoms with Crippen molar-refractivity contribution in [3.8, 4) is 5.75 Å². The molecule has 1 heterocycles. The van der Waals surface area contributed by atoms with E-state index in [0.717, 1.165) is 12.8 Å². The van der Waals surface area contributed by atoms with Crippen LogP contribution in [-0.2, 0) is 0 Å². The third-order valence-electron chi connectivity index (χ3n) is 2.81.